The zero-order chi connectivity index (χ0) is 22.8. The van der Waals surface area contributed by atoms with Gasteiger partial charge < -0.3 is 14.4 Å². The van der Waals surface area contributed by atoms with Crippen LogP contribution in [0.25, 0.3) is 0 Å². The number of anilines is 1. The lowest BCUT2D eigenvalue weighted by atomic mass is 10.1. The van der Waals surface area contributed by atoms with Crippen molar-refractivity contribution in [2.75, 3.05) is 31.2 Å². The lowest BCUT2D eigenvalue weighted by Crippen LogP contribution is -2.47. The number of para-hydroxylation sites is 1. The summed E-state index contributed by atoms with van der Waals surface area (Å²) >= 11 is 0. The first-order valence-electron chi connectivity index (χ1n) is 11.8. The van der Waals surface area contributed by atoms with Crippen molar-refractivity contribution in [1.82, 2.24) is 4.31 Å². The average Bonchev–Trinajstić information content (AvgIpc) is 3.09. The second kappa shape index (κ2) is 9.35. The molecule has 1 aliphatic carbocycles. The Morgan fingerprint density at radius 1 is 0.970 bits per heavy atom. The van der Waals surface area contributed by atoms with Crippen LogP contribution in [0.1, 0.15) is 44.1 Å². The van der Waals surface area contributed by atoms with E-state index in [-0.39, 0.29) is 23.4 Å². The standard InChI is InChI=1S/C25H30N2O5S/c28-25(26-14-13-19-7-5-6-10-22(19)26)18-27(20-8-3-1-2-4-9-20)33(29,30)21-11-12-23-24(17-21)32-16-15-31-23/h5-7,10-12,17,20H,1-4,8-9,13-16,18H2. The van der Waals surface area contributed by atoms with Crippen molar-refractivity contribution in [2.24, 2.45) is 0 Å². The molecule has 2 aliphatic heterocycles. The molecular formula is C25H30N2O5S. The zero-order valence-corrected chi connectivity index (χ0v) is 19.6. The van der Waals surface area contributed by atoms with Crippen LogP contribution >= 0.6 is 0 Å². The Balaban J connectivity index is 1.46. The van der Waals surface area contributed by atoms with Gasteiger partial charge in [-0.3, -0.25) is 4.79 Å². The van der Waals surface area contributed by atoms with E-state index >= 15 is 0 Å². The molecule has 0 atom stereocenters. The molecule has 0 saturated heterocycles. The third kappa shape index (κ3) is 4.46. The SMILES string of the molecule is O=C(CN(C1CCCCCC1)S(=O)(=O)c1ccc2c(c1)OCCO2)N1CCc2ccccc21. The number of sulfonamides is 1. The van der Waals surface area contributed by atoms with Crippen molar-refractivity contribution in [2.45, 2.75) is 55.9 Å². The third-order valence-electron chi connectivity index (χ3n) is 6.83. The van der Waals surface area contributed by atoms with Crippen LogP contribution in [0.5, 0.6) is 11.5 Å². The number of hydrogen-bond donors (Lipinski definition) is 0. The second-order valence-electron chi connectivity index (χ2n) is 8.93. The quantitative estimate of drug-likeness (QED) is 0.622. The Hall–Kier alpha value is -2.58. The van der Waals surface area contributed by atoms with Gasteiger partial charge >= 0.3 is 0 Å². The first-order valence-corrected chi connectivity index (χ1v) is 13.3. The number of fused-ring (bicyclic) bond motifs is 2. The van der Waals surface area contributed by atoms with Gasteiger partial charge in [-0.1, -0.05) is 43.9 Å². The number of nitrogens with zero attached hydrogens (tertiary/aromatic N) is 2. The maximum Gasteiger partial charge on any atom is 0.243 e. The van der Waals surface area contributed by atoms with Crippen LogP contribution in [0.2, 0.25) is 0 Å². The fourth-order valence-corrected chi connectivity index (χ4v) is 6.74. The smallest absolute Gasteiger partial charge is 0.243 e. The predicted molar refractivity (Wildman–Crippen MR) is 125 cm³/mol. The van der Waals surface area contributed by atoms with Crippen LogP contribution < -0.4 is 14.4 Å². The minimum Gasteiger partial charge on any atom is -0.486 e. The van der Waals surface area contributed by atoms with E-state index in [9.17, 15) is 13.2 Å². The topological polar surface area (TPSA) is 76.2 Å². The molecule has 0 radical (unpaired) electrons. The van der Waals surface area contributed by atoms with Gasteiger partial charge in [0.05, 0.1) is 11.4 Å². The summed E-state index contributed by atoms with van der Waals surface area (Å²) in [6, 6.07) is 12.4. The number of hydrogen-bond acceptors (Lipinski definition) is 5. The van der Waals surface area contributed by atoms with Gasteiger partial charge in [-0.15, -0.1) is 0 Å². The summed E-state index contributed by atoms with van der Waals surface area (Å²) in [6.45, 7) is 1.26. The molecule has 1 fully saturated rings. The monoisotopic (exact) mass is 470 g/mol. The minimum absolute atomic E-state index is 0.144. The van der Waals surface area contributed by atoms with Gasteiger partial charge in [-0.2, -0.15) is 4.31 Å². The molecule has 0 spiro atoms. The van der Waals surface area contributed by atoms with E-state index in [4.69, 9.17) is 9.47 Å². The largest absolute Gasteiger partial charge is 0.486 e. The summed E-state index contributed by atoms with van der Waals surface area (Å²) in [6.07, 6.45) is 6.47. The van der Waals surface area contributed by atoms with Crippen molar-refractivity contribution in [1.29, 1.82) is 0 Å². The molecule has 3 aliphatic rings. The maximum absolute atomic E-state index is 13.9. The van der Waals surface area contributed by atoms with E-state index < -0.39 is 10.0 Å². The molecule has 2 aromatic rings. The Labute approximate surface area is 195 Å². The highest BCUT2D eigenvalue weighted by molar-refractivity contribution is 7.89. The number of carbonyl (C=O) groups is 1. The van der Waals surface area contributed by atoms with Gasteiger partial charge in [0.25, 0.3) is 0 Å². The van der Waals surface area contributed by atoms with E-state index in [0.29, 0.717) is 31.3 Å². The van der Waals surface area contributed by atoms with Crippen molar-refractivity contribution in [3.05, 3.63) is 48.0 Å². The first-order chi connectivity index (χ1) is 16.0. The van der Waals surface area contributed by atoms with Crippen molar-refractivity contribution >= 4 is 21.6 Å². The fourth-order valence-electron chi connectivity index (χ4n) is 5.09. The number of benzene rings is 2. The predicted octanol–water partition coefficient (Wildman–Crippen LogP) is 3.76. The summed E-state index contributed by atoms with van der Waals surface area (Å²) in [5, 5.41) is 0. The molecule has 176 valence electrons. The number of amides is 1. The number of ether oxygens (including phenoxy) is 2. The molecule has 7 nitrogen and oxygen atoms in total. The highest BCUT2D eigenvalue weighted by atomic mass is 32.2. The Kier molecular flexibility index (Phi) is 6.29. The maximum atomic E-state index is 13.9. The molecule has 8 heteroatoms. The Morgan fingerprint density at radius 2 is 1.70 bits per heavy atom. The summed E-state index contributed by atoms with van der Waals surface area (Å²) < 4.78 is 40.4. The van der Waals surface area contributed by atoms with E-state index in [1.165, 1.54) is 10.4 Å². The average molecular weight is 471 g/mol. The number of rotatable bonds is 5. The second-order valence-corrected chi connectivity index (χ2v) is 10.8. The summed E-state index contributed by atoms with van der Waals surface area (Å²) in [5.74, 6) is 0.805. The van der Waals surface area contributed by atoms with E-state index in [1.54, 1.807) is 17.0 Å². The van der Waals surface area contributed by atoms with Crippen LogP contribution in [0.15, 0.2) is 47.4 Å². The van der Waals surface area contributed by atoms with Crippen molar-refractivity contribution < 1.29 is 22.7 Å². The molecule has 2 aromatic carbocycles. The van der Waals surface area contributed by atoms with Crippen LogP contribution in [-0.4, -0.2) is 51.0 Å². The Morgan fingerprint density at radius 3 is 2.48 bits per heavy atom. The molecule has 0 bridgehead atoms. The lowest BCUT2D eigenvalue weighted by Gasteiger charge is -2.31. The zero-order valence-electron chi connectivity index (χ0n) is 18.7. The van der Waals surface area contributed by atoms with Crippen LogP contribution in [0.4, 0.5) is 5.69 Å². The lowest BCUT2D eigenvalue weighted by molar-refractivity contribution is -0.119. The van der Waals surface area contributed by atoms with Gasteiger partial charge in [0.15, 0.2) is 11.5 Å². The van der Waals surface area contributed by atoms with Gasteiger partial charge in [0, 0.05) is 24.3 Å². The molecule has 0 N–H and O–H groups in total. The third-order valence-corrected chi connectivity index (χ3v) is 8.73. The highest BCUT2D eigenvalue weighted by Crippen LogP contribution is 2.35. The fraction of sp³-hybridized carbons (Fsp3) is 0.480. The molecule has 1 amide bonds. The van der Waals surface area contributed by atoms with E-state index in [0.717, 1.165) is 56.2 Å². The summed E-state index contributed by atoms with van der Waals surface area (Å²) in [7, 11) is -3.90. The molecule has 2 heterocycles. The molecular weight excluding hydrogens is 440 g/mol. The van der Waals surface area contributed by atoms with Gasteiger partial charge in [0.1, 0.15) is 13.2 Å². The van der Waals surface area contributed by atoms with Crippen LogP contribution in [0.3, 0.4) is 0 Å². The Bertz CT molecular complexity index is 1130. The number of carbonyl (C=O) groups excluding carboxylic acids is 1. The van der Waals surface area contributed by atoms with Crippen LogP contribution in [-0.2, 0) is 21.2 Å². The van der Waals surface area contributed by atoms with Gasteiger partial charge in [-0.05, 0) is 43.0 Å². The van der Waals surface area contributed by atoms with Crippen molar-refractivity contribution in [3.8, 4) is 11.5 Å². The highest BCUT2D eigenvalue weighted by Gasteiger charge is 2.36. The molecule has 1 saturated carbocycles. The summed E-state index contributed by atoms with van der Waals surface area (Å²) in [5.41, 5.74) is 2.02. The first kappa shape index (κ1) is 22.2. The molecule has 0 unspecified atom stereocenters. The van der Waals surface area contributed by atoms with Crippen molar-refractivity contribution in [3.63, 3.8) is 0 Å². The minimum atomic E-state index is -3.90. The summed E-state index contributed by atoms with van der Waals surface area (Å²) in [4.78, 5) is 15.3. The molecule has 5 rings (SSSR count). The van der Waals surface area contributed by atoms with E-state index in [1.807, 2.05) is 24.3 Å². The van der Waals surface area contributed by atoms with E-state index in [2.05, 4.69) is 0 Å². The van der Waals surface area contributed by atoms with Crippen LogP contribution in [0, 0.1) is 0 Å². The van der Waals surface area contributed by atoms with Gasteiger partial charge in [0.2, 0.25) is 15.9 Å². The molecule has 33 heavy (non-hydrogen) atoms. The normalized spacial score (nSPS) is 18.8. The van der Waals surface area contributed by atoms with Gasteiger partial charge in [-0.25, -0.2) is 8.42 Å². The molecule has 0 aromatic heterocycles.